The van der Waals surface area contributed by atoms with Gasteiger partial charge in [0.05, 0.1) is 19.3 Å². The molecule has 1 aromatic heterocycles. The van der Waals surface area contributed by atoms with Gasteiger partial charge in [-0.2, -0.15) is 0 Å². The minimum absolute atomic E-state index is 0.0487. The van der Waals surface area contributed by atoms with Crippen LogP contribution in [-0.4, -0.2) is 83.5 Å². The van der Waals surface area contributed by atoms with Crippen molar-refractivity contribution >= 4 is 18.0 Å². The van der Waals surface area contributed by atoms with E-state index in [1.807, 2.05) is 0 Å². The van der Waals surface area contributed by atoms with E-state index < -0.39 is 54.0 Å². The van der Waals surface area contributed by atoms with E-state index in [0.29, 0.717) is 13.2 Å². The Kier molecular flexibility index (Phi) is 13.5. The summed E-state index contributed by atoms with van der Waals surface area (Å²) in [6, 6.07) is 0.385. The number of nitrogens with zero attached hydrogens (tertiary/aromatic N) is 2. The number of unbranched alkanes of at least 4 members (excludes halogenated alkanes) is 2. The van der Waals surface area contributed by atoms with Crippen LogP contribution in [-0.2, 0) is 30.3 Å². The summed E-state index contributed by atoms with van der Waals surface area (Å²) in [7, 11) is 0. The molecule has 36 heavy (non-hydrogen) atoms. The number of hydrogen-bond acceptors (Lipinski definition) is 9. The molecule has 0 aliphatic heterocycles. The largest absolute Gasteiger partial charge is 0.465 e. The van der Waals surface area contributed by atoms with Crippen molar-refractivity contribution < 1.29 is 28.6 Å². The van der Waals surface area contributed by atoms with Gasteiger partial charge in [-0.1, -0.05) is 0 Å². The Hall–Kier alpha value is -3.19. The number of hydrogen-bond donors (Lipinski definition) is 3. The lowest BCUT2D eigenvalue weighted by molar-refractivity contribution is -0.149. The maximum Gasteiger partial charge on any atom is 0.408 e. The molecule has 0 saturated carbocycles. The van der Waals surface area contributed by atoms with Crippen LogP contribution in [0.25, 0.3) is 0 Å². The molecule has 0 radical (unpaired) electrons. The van der Waals surface area contributed by atoms with E-state index in [0.717, 1.165) is 34.8 Å². The smallest absolute Gasteiger partial charge is 0.408 e. The van der Waals surface area contributed by atoms with E-state index in [9.17, 15) is 24.0 Å². The highest BCUT2D eigenvalue weighted by atomic mass is 16.6. The third-order valence-corrected chi connectivity index (χ3v) is 4.65. The van der Waals surface area contributed by atoms with E-state index in [1.165, 1.54) is 6.20 Å². The first-order chi connectivity index (χ1) is 16.9. The van der Waals surface area contributed by atoms with Crippen LogP contribution in [0.4, 0.5) is 4.79 Å². The zero-order valence-electron chi connectivity index (χ0n) is 21.5. The highest BCUT2D eigenvalue weighted by Gasteiger charge is 2.26. The molecule has 0 aliphatic carbocycles. The van der Waals surface area contributed by atoms with Crippen LogP contribution >= 0.6 is 0 Å². The molecule has 0 aromatic carbocycles. The summed E-state index contributed by atoms with van der Waals surface area (Å²) < 4.78 is 17.0. The number of carbonyl (C=O) groups is 3. The Labute approximate surface area is 210 Å². The highest BCUT2D eigenvalue weighted by Crippen LogP contribution is 2.08. The fourth-order valence-electron chi connectivity index (χ4n) is 3.06. The summed E-state index contributed by atoms with van der Waals surface area (Å²) in [6.07, 6.45) is 3.01. The third kappa shape index (κ3) is 13.0. The molecule has 1 atom stereocenters. The molecule has 0 aliphatic rings. The highest BCUT2D eigenvalue weighted by molar-refractivity contribution is 5.82. The summed E-state index contributed by atoms with van der Waals surface area (Å²) >= 11 is 0. The van der Waals surface area contributed by atoms with Crippen LogP contribution in [0.5, 0.6) is 0 Å². The molecule has 1 aromatic rings. The number of alkyl carbamates (subject to hydrolysis) is 1. The van der Waals surface area contributed by atoms with Crippen molar-refractivity contribution in [1.29, 1.82) is 0 Å². The van der Waals surface area contributed by atoms with Gasteiger partial charge in [0.25, 0.3) is 5.56 Å². The van der Waals surface area contributed by atoms with Gasteiger partial charge in [-0.25, -0.2) is 9.59 Å². The van der Waals surface area contributed by atoms with Crippen LogP contribution in [0.15, 0.2) is 21.9 Å². The zero-order valence-corrected chi connectivity index (χ0v) is 21.5. The number of H-pyrrole nitrogens is 1. The summed E-state index contributed by atoms with van der Waals surface area (Å²) in [5.74, 6) is -1.26. The van der Waals surface area contributed by atoms with Crippen LogP contribution in [0.2, 0.25) is 0 Å². The average Bonchev–Trinajstić information content (AvgIpc) is 2.76. The molecule has 0 bridgehead atoms. The van der Waals surface area contributed by atoms with E-state index >= 15 is 0 Å². The first kappa shape index (κ1) is 30.8. The first-order valence-corrected chi connectivity index (χ1v) is 12.0. The summed E-state index contributed by atoms with van der Waals surface area (Å²) in [5.41, 5.74) is 3.38. The van der Waals surface area contributed by atoms with Crippen molar-refractivity contribution in [3.63, 3.8) is 0 Å². The molecule has 204 valence electrons. The molecule has 0 saturated heterocycles. The van der Waals surface area contributed by atoms with Crippen molar-refractivity contribution in [3.8, 4) is 0 Å². The van der Waals surface area contributed by atoms with Crippen molar-refractivity contribution in [3.05, 3.63) is 33.1 Å². The molecule has 1 heterocycles. The van der Waals surface area contributed by atoms with Crippen LogP contribution in [0.3, 0.4) is 0 Å². The van der Waals surface area contributed by atoms with Crippen molar-refractivity contribution in [2.45, 2.75) is 65.1 Å². The average molecular weight is 514 g/mol. The minimum Gasteiger partial charge on any atom is -0.465 e. The fourth-order valence-corrected chi connectivity index (χ4v) is 3.06. The summed E-state index contributed by atoms with van der Waals surface area (Å²) in [6.45, 7) is 7.00. The Morgan fingerprint density at radius 3 is 2.53 bits per heavy atom. The van der Waals surface area contributed by atoms with Gasteiger partial charge in [0, 0.05) is 25.4 Å². The number of esters is 1. The first-order valence-electron chi connectivity index (χ1n) is 12.0. The van der Waals surface area contributed by atoms with Crippen LogP contribution in [0, 0.1) is 0 Å². The van der Waals surface area contributed by atoms with Gasteiger partial charge >= 0.3 is 17.8 Å². The second kappa shape index (κ2) is 15.7. The molecule has 1 rings (SSSR count). The van der Waals surface area contributed by atoms with E-state index in [1.54, 1.807) is 27.7 Å². The van der Waals surface area contributed by atoms with Gasteiger partial charge in [0.1, 0.15) is 18.7 Å². The lowest BCUT2D eigenvalue weighted by Crippen LogP contribution is -2.51. The molecule has 2 amide bonds. The molecule has 0 fully saturated rings. The molecule has 1 unspecified atom stereocenters. The van der Waals surface area contributed by atoms with Crippen molar-refractivity contribution in [2.75, 3.05) is 39.5 Å². The number of nitrogens with two attached hydrogens (primary N) is 1. The summed E-state index contributed by atoms with van der Waals surface area (Å²) in [5, 5.41) is 2.68. The van der Waals surface area contributed by atoms with E-state index in [2.05, 4.69) is 10.3 Å². The number of nitrogens with one attached hydrogen (secondary N) is 2. The molecule has 4 N–H and O–H groups in total. The number of amides is 2. The monoisotopic (exact) mass is 513 g/mol. The van der Waals surface area contributed by atoms with Crippen molar-refractivity contribution in [1.82, 2.24) is 19.8 Å². The Bertz CT molecular complexity index is 953. The second-order valence-electron chi connectivity index (χ2n) is 9.08. The molecule has 13 nitrogen and oxygen atoms in total. The van der Waals surface area contributed by atoms with Gasteiger partial charge in [0.15, 0.2) is 0 Å². The Morgan fingerprint density at radius 1 is 1.19 bits per heavy atom. The zero-order chi connectivity index (χ0) is 27.1. The van der Waals surface area contributed by atoms with Gasteiger partial charge in [-0.05, 0) is 53.5 Å². The Balaban J connectivity index is 3.01. The topological polar surface area (TPSA) is 175 Å². The predicted octanol–water partition coefficient (Wildman–Crippen LogP) is -0.0328. The second-order valence-corrected chi connectivity index (χ2v) is 9.08. The molecular weight excluding hydrogens is 474 g/mol. The van der Waals surface area contributed by atoms with Gasteiger partial charge < -0.3 is 30.2 Å². The van der Waals surface area contributed by atoms with Gasteiger partial charge in [-0.15, -0.1) is 0 Å². The quantitative estimate of drug-likeness (QED) is 0.215. The SMILES string of the molecule is CCOC(=O)CN(CC(COCCCCCN)NC(=O)OC(C)(C)C)C(=O)Cn1ccc(=O)[nH]c1=O. The van der Waals surface area contributed by atoms with Crippen LogP contribution < -0.4 is 22.3 Å². The lowest BCUT2D eigenvalue weighted by Gasteiger charge is -2.29. The maximum absolute atomic E-state index is 13.1. The van der Waals surface area contributed by atoms with Crippen molar-refractivity contribution in [2.24, 2.45) is 5.73 Å². The number of aromatic amines is 1. The van der Waals surface area contributed by atoms with Gasteiger partial charge in [0.2, 0.25) is 5.91 Å². The maximum atomic E-state index is 13.1. The minimum atomic E-state index is -0.767. The van der Waals surface area contributed by atoms with Crippen LogP contribution in [0.1, 0.15) is 47.0 Å². The third-order valence-electron chi connectivity index (χ3n) is 4.65. The van der Waals surface area contributed by atoms with E-state index in [4.69, 9.17) is 19.9 Å². The number of aromatic nitrogens is 2. The number of rotatable bonds is 15. The lowest BCUT2D eigenvalue weighted by atomic mass is 10.2. The molecular formula is C23H39N5O8. The number of ether oxygens (including phenoxy) is 3. The normalized spacial score (nSPS) is 12.0. The standard InChI is InChI=1S/C23H39N5O8/c1-5-35-20(31)15-28(19(30)14-27-11-9-18(29)26-21(27)32)13-17(16-34-12-8-6-7-10-24)25-22(33)36-23(2,3)4/h9,11,17H,5-8,10,12-16,24H2,1-4H3,(H,25,33)(H,26,29,32). The molecule has 13 heteroatoms. The predicted molar refractivity (Wildman–Crippen MR) is 131 cm³/mol. The molecule has 0 spiro atoms. The van der Waals surface area contributed by atoms with Gasteiger partial charge in [-0.3, -0.25) is 23.9 Å². The van der Waals surface area contributed by atoms with E-state index in [-0.39, 0.29) is 19.8 Å². The fraction of sp³-hybridized carbons (Fsp3) is 0.696. The number of carbonyl (C=O) groups excluding carboxylic acids is 3. The Morgan fingerprint density at radius 2 is 1.92 bits per heavy atom. The summed E-state index contributed by atoms with van der Waals surface area (Å²) in [4.78, 5) is 64.2.